The summed E-state index contributed by atoms with van der Waals surface area (Å²) in [5.74, 6) is 0.636. The molecular formula is C18H27N3O2. The molecule has 1 aliphatic heterocycles. The van der Waals surface area contributed by atoms with E-state index in [1.165, 1.54) is 0 Å². The van der Waals surface area contributed by atoms with Gasteiger partial charge in [-0.25, -0.2) is 4.98 Å². The predicted octanol–water partition coefficient (Wildman–Crippen LogP) is 2.59. The van der Waals surface area contributed by atoms with E-state index in [-0.39, 0.29) is 12.0 Å². The first-order valence-electron chi connectivity index (χ1n) is 8.27. The van der Waals surface area contributed by atoms with Gasteiger partial charge in [0.1, 0.15) is 6.10 Å². The van der Waals surface area contributed by atoms with E-state index in [0.29, 0.717) is 11.4 Å². The number of likely N-dealkylation sites (N-methyl/N-ethyl adjacent to an activating group) is 1. The molecule has 2 heterocycles. The fraction of sp³-hybridized carbons (Fsp3) is 0.556. The molecule has 23 heavy (non-hydrogen) atoms. The standard InChI is InChI=1S/C18H27N3O2/c1-4-5-8-16(14-20(2)3)23-17-10-9-15(13-19-17)18(22)21-11-6-7-12-21/h4,9-10,13,16H,1,5-8,11-12,14H2,2-3H3. The van der Waals surface area contributed by atoms with Gasteiger partial charge >= 0.3 is 0 Å². The third-order valence-electron chi connectivity index (χ3n) is 3.93. The number of carbonyl (C=O) groups is 1. The Labute approximate surface area is 138 Å². The van der Waals surface area contributed by atoms with Crippen molar-refractivity contribution in [3.05, 3.63) is 36.5 Å². The molecule has 0 saturated carbocycles. The van der Waals surface area contributed by atoms with Crippen molar-refractivity contribution in [2.45, 2.75) is 31.8 Å². The van der Waals surface area contributed by atoms with Gasteiger partial charge in [-0.2, -0.15) is 0 Å². The second-order valence-corrected chi connectivity index (χ2v) is 6.25. The van der Waals surface area contributed by atoms with Crippen LogP contribution in [0.15, 0.2) is 31.0 Å². The highest BCUT2D eigenvalue weighted by Gasteiger charge is 2.20. The first kappa shape index (κ1) is 17.5. The molecule has 5 nitrogen and oxygen atoms in total. The Balaban J connectivity index is 1.96. The Morgan fingerprint density at radius 3 is 2.74 bits per heavy atom. The number of hydrogen-bond acceptors (Lipinski definition) is 4. The summed E-state index contributed by atoms with van der Waals surface area (Å²) in [7, 11) is 4.05. The molecule has 1 atom stereocenters. The lowest BCUT2D eigenvalue weighted by atomic mass is 10.2. The number of aromatic nitrogens is 1. The molecule has 1 aliphatic rings. The summed E-state index contributed by atoms with van der Waals surface area (Å²) in [6, 6.07) is 3.60. The van der Waals surface area contributed by atoms with E-state index in [4.69, 9.17) is 4.74 Å². The van der Waals surface area contributed by atoms with Crippen LogP contribution in [-0.2, 0) is 0 Å². The van der Waals surface area contributed by atoms with E-state index < -0.39 is 0 Å². The minimum Gasteiger partial charge on any atom is -0.473 e. The van der Waals surface area contributed by atoms with E-state index in [0.717, 1.165) is 45.3 Å². The summed E-state index contributed by atoms with van der Waals surface area (Å²) in [5, 5.41) is 0. The molecule has 0 bridgehead atoms. The summed E-state index contributed by atoms with van der Waals surface area (Å²) >= 11 is 0. The largest absolute Gasteiger partial charge is 0.473 e. The van der Waals surface area contributed by atoms with Crippen molar-refractivity contribution in [2.24, 2.45) is 0 Å². The molecule has 1 amide bonds. The van der Waals surface area contributed by atoms with Crippen LogP contribution in [0.2, 0.25) is 0 Å². The zero-order valence-corrected chi connectivity index (χ0v) is 14.2. The van der Waals surface area contributed by atoms with Crippen molar-refractivity contribution >= 4 is 5.91 Å². The topological polar surface area (TPSA) is 45.7 Å². The van der Waals surface area contributed by atoms with Gasteiger partial charge in [0.2, 0.25) is 5.88 Å². The van der Waals surface area contributed by atoms with Crippen LogP contribution in [0.25, 0.3) is 0 Å². The highest BCUT2D eigenvalue weighted by molar-refractivity contribution is 5.94. The number of carbonyl (C=O) groups excluding carboxylic acids is 1. The lowest BCUT2D eigenvalue weighted by Crippen LogP contribution is -2.31. The highest BCUT2D eigenvalue weighted by atomic mass is 16.5. The normalized spacial score (nSPS) is 15.7. The molecule has 2 rings (SSSR count). The fourth-order valence-corrected chi connectivity index (χ4v) is 2.75. The molecule has 1 aromatic rings. The predicted molar refractivity (Wildman–Crippen MR) is 91.8 cm³/mol. The molecular weight excluding hydrogens is 290 g/mol. The third kappa shape index (κ3) is 5.36. The molecule has 1 saturated heterocycles. The van der Waals surface area contributed by atoms with Gasteiger partial charge in [0.05, 0.1) is 5.56 Å². The van der Waals surface area contributed by atoms with Crippen molar-refractivity contribution in [3.8, 4) is 5.88 Å². The number of ether oxygens (including phenoxy) is 1. The van der Waals surface area contributed by atoms with Gasteiger partial charge in [0.15, 0.2) is 0 Å². The molecule has 0 N–H and O–H groups in total. The maximum Gasteiger partial charge on any atom is 0.255 e. The Hall–Kier alpha value is -1.88. The Bertz CT molecular complexity index is 508. The van der Waals surface area contributed by atoms with Crippen LogP contribution in [0.1, 0.15) is 36.0 Å². The summed E-state index contributed by atoms with van der Waals surface area (Å²) < 4.78 is 5.96. The van der Waals surface area contributed by atoms with Crippen molar-refractivity contribution in [3.63, 3.8) is 0 Å². The monoisotopic (exact) mass is 317 g/mol. The van der Waals surface area contributed by atoms with Crippen LogP contribution in [-0.4, -0.2) is 60.5 Å². The fourth-order valence-electron chi connectivity index (χ4n) is 2.75. The van der Waals surface area contributed by atoms with E-state index in [2.05, 4.69) is 16.5 Å². The lowest BCUT2D eigenvalue weighted by Gasteiger charge is -2.21. The van der Waals surface area contributed by atoms with Crippen LogP contribution in [0, 0.1) is 0 Å². The van der Waals surface area contributed by atoms with Crippen LogP contribution in [0.3, 0.4) is 0 Å². The molecule has 0 spiro atoms. The summed E-state index contributed by atoms with van der Waals surface area (Å²) in [4.78, 5) is 20.6. The third-order valence-corrected chi connectivity index (χ3v) is 3.93. The SMILES string of the molecule is C=CCCC(CN(C)C)Oc1ccc(C(=O)N2CCCC2)cn1. The molecule has 1 aromatic heterocycles. The van der Waals surface area contributed by atoms with Crippen molar-refractivity contribution in [1.29, 1.82) is 0 Å². The Morgan fingerprint density at radius 1 is 1.43 bits per heavy atom. The minimum absolute atomic E-state index is 0.0654. The average Bonchev–Trinajstić information content (AvgIpc) is 3.06. The lowest BCUT2D eigenvalue weighted by molar-refractivity contribution is 0.0792. The van der Waals surface area contributed by atoms with Crippen LogP contribution >= 0.6 is 0 Å². The number of likely N-dealkylation sites (tertiary alicyclic amines) is 1. The van der Waals surface area contributed by atoms with Gasteiger partial charge in [0, 0.05) is 31.9 Å². The molecule has 5 heteroatoms. The smallest absolute Gasteiger partial charge is 0.255 e. The number of allylic oxidation sites excluding steroid dienone is 1. The summed E-state index contributed by atoms with van der Waals surface area (Å²) in [5.41, 5.74) is 0.634. The second kappa shape index (κ2) is 8.67. The van der Waals surface area contributed by atoms with E-state index in [1.807, 2.05) is 31.1 Å². The molecule has 126 valence electrons. The number of hydrogen-bond donors (Lipinski definition) is 0. The minimum atomic E-state index is 0.0654. The zero-order chi connectivity index (χ0) is 16.7. The summed E-state index contributed by atoms with van der Waals surface area (Å²) in [6.07, 6.45) is 7.58. The molecule has 0 aromatic carbocycles. The molecule has 0 aliphatic carbocycles. The number of pyridine rings is 1. The molecule has 0 radical (unpaired) electrons. The molecule has 1 fully saturated rings. The van der Waals surface area contributed by atoms with Crippen LogP contribution in [0.5, 0.6) is 5.88 Å². The molecule has 1 unspecified atom stereocenters. The van der Waals surface area contributed by atoms with Gasteiger partial charge in [0.25, 0.3) is 5.91 Å². The van der Waals surface area contributed by atoms with Crippen molar-refractivity contribution < 1.29 is 9.53 Å². The average molecular weight is 317 g/mol. The van der Waals surface area contributed by atoms with E-state index in [9.17, 15) is 4.79 Å². The van der Waals surface area contributed by atoms with Crippen molar-refractivity contribution in [1.82, 2.24) is 14.8 Å². The van der Waals surface area contributed by atoms with E-state index in [1.54, 1.807) is 12.3 Å². The first-order chi connectivity index (χ1) is 11.1. The maximum absolute atomic E-state index is 12.3. The van der Waals surface area contributed by atoms with Gasteiger partial charge < -0.3 is 14.5 Å². The highest BCUT2D eigenvalue weighted by Crippen LogP contribution is 2.16. The van der Waals surface area contributed by atoms with Gasteiger partial charge in [-0.05, 0) is 45.8 Å². The maximum atomic E-state index is 12.3. The quantitative estimate of drug-likeness (QED) is 0.691. The van der Waals surface area contributed by atoms with Crippen LogP contribution in [0.4, 0.5) is 0 Å². The Morgan fingerprint density at radius 2 is 2.17 bits per heavy atom. The van der Waals surface area contributed by atoms with Gasteiger partial charge in [-0.15, -0.1) is 6.58 Å². The first-order valence-corrected chi connectivity index (χ1v) is 8.27. The zero-order valence-electron chi connectivity index (χ0n) is 14.2. The number of amides is 1. The number of nitrogens with zero attached hydrogens (tertiary/aromatic N) is 3. The van der Waals surface area contributed by atoms with Crippen LogP contribution < -0.4 is 4.74 Å². The van der Waals surface area contributed by atoms with Gasteiger partial charge in [-0.3, -0.25) is 4.79 Å². The summed E-state index contributed by atoms with van der Waals surface area (Å²) in [6.45, 7) is 6.29. The number of rotatable bonds is 8. The van der Waals surface area contributed by atoms with Crippen molar-refractivity contribution in [2.75, 3.05) is 33.7 Å². The van der Waals surface area contributed by atoms with Gasteiger partial charge in [-0.1, -0.05) is 6.08 Å². The van der Waals surface area contributed by atoms with E-state index >= 15 is 0 Å². The Kier molecular flexibility index (Phi) is 6.59. The second-order valence-electron chi connectivity index (χ2n) is 6.25.